The number of nitrogens with zero attached hydrogens (tertiary/aromatic N) is 1. The summed E-state index contributed by atoms with van der Waals surface area (Å²) in [6.07, 6.45) is 0.997. The van der Waals surface area contributed by atoms with E-state index in [-0.39, 0.29) is 6.79 Å². The quantitative estimate of drug-likeness (QED) is 0.869. The Kier molecular flexibility index (Phi) is 4.71. The number of para-hydroxylation sites is 2. The monoisotopic (exact) mass is 318 g/mol. The number of ether oxygens (including phenoxy) is 2. The van der Waals surface area contributed by atoms with Crippen molar-refractivity contribution >= 4 is 23.0 Å². The molecule has 4 nitrogen and oxygen atoms in total. The lowest BCUT2D eigenvalue weighted by atomic mass is 10.2. The number of hydrogen-bond acceptors (Lipinski definition) is 4. The van der Waals surface area contributed by atoms with E-state index in [1.165, 1.54) is 0 Å². The first kappa shape index (κ1) is 15.0. The molecule has 0 saturated carbocycles. The number of rotatable bonds is 4. The van der Waals surface area contributed by atoms with Crippen LogP contribution in [0, 0.1) is 0 Å². The maximum Gasteiger partial charge on any atom is 0.231 e. The van der Waals surface area contributed by atoms with E-state index in [1.807, 2.05) is 43.4 Å². The molecule has 1 aliphatic rings. The lowest BCUT2D eigenvalue weighted by Gasteiger charge is -2.31. The fraction of sp³-hybridized carbons (Fsp3) is 0.294. The predicted octanol–water partition coefficient (Wildman–Crippen LogP) is 3.82. The Balaban J connectivity index is 2.04. The van der Waals surface area contributed by atoms with Gasteiger partial charge in [-0.2, -0.15) is 0 Å². The Labute approximate surface area is 135 Å². The first-order valence-electron chi connectivity index (χ1n) is 7.36. The van der Waals surface area contributed by atoms with Gasteiger partial charge in [-0.3, -0.25) is 0 Å². The van der Waals surface area contributed by atoms with E-state index in [1.54, 1.807) is 0 Å². The van der Waals surface area contributed by atoms with Crippen molar-refractivity contribution in [3.63, 3.8) is 0 Å². The second kappa shape index (κ2) is 6.90. The Bertz CT molecular complexity index is 648. The van der Waals surface area contributed by atoms with E-state index in [2.05, 4.69) is 16.3 Å². The summed E-state index contributed by atoms with van der Waals surface area (Å²) < 4.78 is 11.5. The molecule has 22 heavy (non-hydrogen) atoms. The highest BCUT2D eigenvalue weighted by Crippen LogP contribution is 2.41. The molecule has 0 amide bonds. The molecule has 0 aromatic heterocycles. The van der Waals surface area contributed by atoms with Crippen LogP contribution in [0.3, 0.4) is 0 Å². The van der Waals surface area contributed by atoms with E-state index >= 15 is 0 Å². The van der Waals surface area contributed by atoms with Crippen molar-refractivity contribution in [1.29, 1.82) is 0 Å². The molecule has 116 valence electrons. The van der Waals surface area contributed by atoms with Gasteiger partial charge in [-0.1, -0.05) is 23.7 Å². The molecule has 1 heterocycles. The third kappa shape index (κ3) is 3.13. The minimum absolute atomic E-state index is 0.190. The zero-order valence-electron chi connectivity index (χ0n) is 12.5. The Hall–Kier alpha value is -1.91. The lowest BCUT2D eigenvalue weighted by Crippen LogP contribution is -2.25. The average Bonchev–Trinajstić information content (AvgIpc) is 2.52. The third-order valence-electron chi connectivity index (χ3n) is 3.61. The lowest BCUT2D eigenvalue weighted by molar-refractivity contribution is 0.119. The molecule has 0 spiro atoms. The molecule has 5 heteroatoms. The third-order valence-corrected chi connectivity index (χ3v) is 3.84. The average molecular weight is 319 g/mol. The molecule has 2 aromatic carbocycles. The van der Waals surface area contributed by atoms with Crippen LogP contribution in [0.25, 0.3) is 0 Å². The topological polar surface area (TPSA) is 33.7 Å². The first-order chi connectivity index (χ1) is 10.8. The summed E-state index contributed by atoms with van der Waals surface area (Å²) in [5, 5.41) is 3.87. The molecular weight excluding hydrogens is 300 g/mol. The number of benzene rings is 2. The first-order valence-corrected chi connectivity index (χ1v) is 7.73. The summed E-state index contributed by atoms with van der Waals surface area (Å²) in [5.74, 6) is 1.60. The number of anilines is 2. The van der Waals surface area contributed by atoms with Crippen LogP contribution in [0.15, 0.2) is 42.5 Å². The SMILES string of the molecule is CNCCCN1c2ccccc2OCOc2ccc(Cl)cc21. The molecule has 1 aliphatic heterocycles. The van der Waals surface area contributed by atoms with Gasteiger partial charge in [0.15, 0.2) is 0 Å². The van der Waals surface area contributed by atoms with Gasteiger partial charge in [-0.05, 0) is 50.3 Å². The molecule has 1 N–H and O–H groups in total. The highest BCUT2D eigenvalue weighted by Gasteiger charge is 2.20. The van der Waals surface area contributed by atoms with Crippen LogP contribution in [0.5, 0.6) is 11.5 Å². The second-order valence-electron chi connectivity index (χ2n) is 5.10. The van der Waals surface area contributed by atoms with E-state index < -0.39 is 0 Å². The molecule has 0 fully saturated rings. The van der Waals surface area contributed by atoms with Crippen LogP contribution in [-0.2, 0) is 0 Å². The fourth-order valence-electron chi connectivity index (χ4n) is 2.57. The van der Waals surface area contributed by atoms with E-state index in [4.69, 9.17) is 21.1 Å². The van der Waals surface area contributed by atoms with Gasteiger partial charge in [0, 0.05) is 11.6 Å². The van der Waals surface area contributed by atoms with Crippen LogP contribution in [0.1, 0.15) is 6.42 Å². The molecule has 0 unspecified atom stereocenters. The van der Waals surface area contributed by atoms with E-state index in [9.17, 15) is 0 Å². The van der Waals surface area contributed by atoms with Gasteiger partial charge in [0.1, 0.15) is 11.5 Å². The van der Waals surface area contributed by atoms with Crippen molar-refractivity contribution in [3.8, 4) is 11.5 Å². The fourth-order valence-corrected chi connectivity index (χ4v) is 2.73. The van der Waals surface area contributed by atoms with Crippen molar-refractivity contribution < 1.29 is 9.47 Å². The molecule has 0 radical (unpaired) electrons. The highest BCUT2D eigenvalue weighted by molar-refractivity contribution is 6.31. The molecule has 0 bridgehead atoms. The predicted molar refractivity (Wildman–Crippen MR) is 89.6 cm³/mol. The Morgan fingerprint density at radius 1 is 1.09 bits per heavy atom. The normalized spacial score (nSPS) is 13.3. The molecular formula is C17H19ClN2O2. The summed E-state index contributed by atoms with van der Waals surface area (Å²) in [4.78, 5) is 2.20. The van der Waals surface area contributed by atoms with Gasteiger partial charge in [-0.25, -0.2) is 0 Å². The van der Waals surface area contributed by atoms with Crippen molar-refractivity contribution in [1.82, 2.24) is 5.32 Å². The standard InChI is InChI=1S/C17H19ClN2O2/c1-19-9-4-10-20-14-5-2-3-6-16(14)21-12-22-17-8-7-13(18)11-15(17)20/h2-3,5-8,11,19H,4,9-10,12H2,1H3. The van der Waals surface area contributed by atoms with Crippen molar-refractivity contribution in [2.24, 2.45) is 0 Å². The number of fused-ring (bicyclic) bond motifs is 2. The smallest absolute Gasteiger partial charge is 0.231 e. The van der Waals surface area contributed by atoms with Crippen molar-refractivity contribution in [2.45, 2.75) is 6.42 Å². The van der Waals surface area contributed by atoms with Gasteiger partial charge in [-0.15, -0.1) is 0 Å². The van der Waals surface area contributed by atoms with Crippen LogP contribution in [0.4, 0.5) is 11.4 Å². The minimum Gasteiger partial charge on any atom is -0.455 e. The van der Waals surface area contributed by atoms with Crippen LogP contribution in [0.2, 0.25) is 5.02 Å². The number of nitrogens with one attached hydrogen (secondary N) is 1. The van der Waals surface area contributed by atoms with Gasteiger partial charge >= 0.3 is 0 Å². The molecule has 2 aromatic rings. The number of halogens is 1. The van der Waals surface area contributed by atoms with Crippen LogP contribution in [-0.4, -0.2) is 26.9 Å². The molecule has 0 atom stereocenters. The number of hydrogen-bond donors (Lipinski definition) is 1. The van der Waals surface area contributed by atoms with Crippen LogP contribution < -0.4 is 19.7 Å². The molecule has 0 aliphatic carbocycles. The maximum absolute atomic E-state index is 6.20. The van der Waals surface area contributed by atoms with Crippen molar-refractivity contribution in [3.05, 3.63) is 47.5 Å². The zero-order valence-corrected chi connectivity index (χ0v) is 13.3. The summed E-state index contributed by atoms with van der Waals surface area (Å²) in [7, 11) is 1.96. The summed E-state index contributed by atoms with van der Waals surface area (Å²) in [6.45, 7) is 1.98. The van der Waals surface area contributed by atoms with Crippen LogP contribution >= 0.6 is 11.6 Å². The summed E-state index contributed by atoms with van der Waals surface area (Å²) >= 11 is 6.20. The second-order valence-corrected chi connectivity index (χ2v) is 5.53. The van der Waals surface area contributed by atoms with E-state index in [0.29, 0.717) is 5.02 Å². The van der Waals surface area contributed by atoms with E-state index in [0.717, 1.165) is 42.4 Å². The Morgan fingerprint density at radius 2 is 1.86 bits per heavy atom. The largest absolute Gasteiger partial charge is 0.455 e. The maximum atomic E-state index is 6.20. The van der Waals surface area contributed by atoms with Gasteiger partial charge in [0.05, 0.1) is 11.4 Å². The molecule has 0 saturated heterocycles. The van der Waals surface area contributed by atoms with Gasteiger partial charge < -0.3 is 19.7 Å². The van der Waals surface area contributed by atoms with Gasteiger partial charge in [0.2, 0.25) is 6.79 Å². The summed E-state index contributed by atoms with van der Waals surface area (Å²) in [6, 6.07) is 13.7. The highest BCUT2D eigenvalue weighted by atomic mass is 35.5. The summed E-state index contributed by atoms with van der Waals surface area (Å²) in [5.41, 5.74) is 2.00. The molecule has 3 rings (SSSR count). The van der Waals surface area contributed by atoms with Gasteiger partial charge in [0.25, 0.3) is 0 Å². The van der Waals surface area contributed by atoms with Crippen molar-refractivity contribution in [2.75, 3.05) is 31.8 Å². The zero-order chi connectivity index (χ0) is 15.4. The Morgan fingerprint density at radius 3 is 2.68 bits per heavy atom. The minimum atomic E-state index is 0.190.